The van der Waals surface area contributed by atoms with Crippen LogP contribution in [-0.4, -0.2) is 42.9 Å². The van der Waals surface area contributed by atoms with Gasteiger partial charge in [0.05, 0.1) is 13.7 Å². The van der Waals surface area contributed by atoms with E-state index in [4.69, 9.17) is 4.74 Å². The topological polar surface area (TPSA) is 98.8 Å². The highest BCUT2D eigenvalue weighted by Crippen LogP contribution is 2.08. The molecular formula is C13H21NO6. The smallest absolute Gasteiger partial charge is 0.408 e. The van der Waals surface area contributed by atoms with E-state index < -0.39 is 35.1 Å². The number of methoxy groups -OCH3 is 1. The highest BCUT2D eigenvalue weighted by Gasteiger charge is 2.27. The number of nitrogens with one attached hydrogen (secondary N) is 1. The number of alkyl carbamates (subject to hydrolysis) is 1. The van der Waals surface area contributed by atoms with E-state index in [0.29, 0.717) is 0 Å². The second kappa shape index (κ2) is 7.62. The van der Waals surface area contributed by atoms with Crippen LogP contribution in [0.2, 0.25) is 0 Å². The molecule has 1 amide bonds. The van der Waals surface area contributed by atoms with Crippen LogP contribution in [0.3, 0.4) is 0 Å². The van der Waals surface area contributed by atoms with Crippen LogP contribution in [0.4, 0.5) is 4.79 Å². The molecule has 0 saturated heterocycles. The fraction of sp³-hybridized carbons (Fsp3) is 0.692. The Morgan fingerprint density at radius 2 is 1.70 bits per heavy atom. The van der Waals surface area contributed by atoms with Gasteiger partial charge in [-0.25, -0.2) is 4.79 Å². The van der Waals surface area contributed by atoms with Crippen molar-refractivity contribution in [1.82, 2.24) is 5.32 Å². The minimum absolute atomic E-state index is 0.308. The highest BCUT2D eigenvalue weighted by molar-refractivity contribution is 6.01. The summed E-state index contributed by atoms with van der Waals surface area (Å²) in [6.45, 7) is 5.97. The van der Waals surface area contributed by atoms with Crippen LogP contribution in [0.1, 0.15) is 34.1 Å². The van der Waals surface area contributed by atoms with Crippen molar-refractivity contribution in [3.05, 3.63) is 0 Å². The number of esters is 1. The summed E-state index contributed by atoms with van der Waals surface area (Å²) in [4.78, 5) is 45.5. The summed E-state index contributed by atoms with van der Waals surface area (Å²) in [7, 11) is 1.14. The fourth-order valence-electron chi connectivity index (χ4n) is 1.32. The zero-order chi connectivity index (χ0) is 15.9. The van der Waals surface area contributed by atoms with Gasteiger partial charge in [-0.2, -0.15) is 0 Å². The number of hydrogen-bond acceptors (Lipinski definition) is 6. The van der Waals surface area contributed by atoms with Crippen LogP contribution in [0, 0.1) is 5.92 Å². The number of carbonyl (C=O) groups excluding carboxylic acids is 4. The second-order valence-electron chi connectivity index (χ2n) is 5.28. The molecular weight excluding hydrogens is 266 g/mol. The van der Waals surface area contributed by atoms with Gasteiger partial charge in [0, 0.05) is 6.42 Å². The maximum absolute atomic E-state index is 11.6. The number of hydrogen-bond donors (Lipinski definition) is 1. The third-order valence-corrected chi connectivity index (χ3v) is 2.24. The van der Waals surface area contributed by atoms with Crippen molar-refractivity contribution in [3.63, 3.8) is 0 Å². The third-order valence-electron chi connectivity index (χ3n) is 2.24. The van der Waals surface area contributed by atoms with Crippen LogP contribution in [0.15, 0.2) is 0 Å². The van der Waals surface area contributed by atoms with Gasteiger partial charge in [-0.1, -0.05) is 0 Å². The molecule has 114 valence electrons. The molecule has 0 radical (unpaired) electrons. The minimum atomic E-state index is -1.13. The monoisotopic (exact) mass is 287 g/mol. The van der Waals surface area contributed by atoms with Gasteiger partial charge in [0.25, 0.3) is 0 Å². The van der Waals surface area contributed by atoms with Crippen molar-refractivity contribution in [2.24, 2.45) is 5.92 Å². The Labute approximate surface area is 118 Å². The lowest BCUT2D eigenvalue weighted by molar-refractivity contribution is -0.150. The van der Waals surface area contributed by atoms with Crippen molar-refractivity contribution in [1.29, 1.82) is 0 Å². The fourth-order valence-corrected chi connectivity index (χ4v) is 1.32. The molecule has 0 aromatic rings. The van der Waals surface area contributed by atoms with Crippen molar-refractivity contribution in [3.8, 4) is 0 Å². The second-order valence-corrected chi connectivity index (χ2v) is 5.28. The van der Waals surface area contributed by atoms with Gasteiger partial charge in [-0.05, 0) is 27.7 Å². The quantitative estimate of drug-likeness (QED) is 0.574. The van der Waals surface area contributed by atoms with Crippen LogP contribution >= 0.6 is 0 Å². The van der Waals surface area contributed by atoms with Gasteiger partial charge >= 0.3 is 12.1 Å². The molecule has 0 aliphatic heterocycles. The number of carbonyl (C=O) groups is 4. The standard InChI is InChI=1S/C13H21NO6/c1-8(15)10(11(17)19-5)6-9(16)7-14-12(18)20-13(2,3)4/h10H,6-7H2,1-5H3,(H,14,18)/t10-/m0/s1. The molecule has 7 nitrogen and oxygen atoms in total. The maximum Gasteiger partial charge on any atom is 0.408 e. The van der Waals surface area contributed by atoms with Crippen molar-refractivity contribution < 1.29 is 28.7 Å². The average molecular weight is 287 g/mol. The molecule has 0 aromatic heterocycles. The molecule has 0 aromatic carbocycles. The molecule has 0 unspecified atom stereocenters. The van der Waals surface area contributed by atoms with Crippen molar-refractivity contribution in [2.75, 3.05) is 13.7 Å². The predicted molar refractivity (Wildman–Crippen MR) is 70.0 cm³/mol. The molecule has 0 aliphatic carbocycles. The molecule has 0 bridgehead atoms. The van der Waals surface area contributed by atoms with Crippen LogP contribution in [0.25, 0.3) is 0 Å². The van der Waals surface area contributed by atoms with E-state index in [-0.39, 0.29) is 13.0 Å². The van der Waals surface area contributed by atoms with Crippen LogP contribution in [-0.2, 0) is 23.9 Å². The molecule has 20 heavy (non-hydrogen) atoms. The number of rotatable bonds is 6. The summed E-state index contributed by atoms with van der Waals surface area (Å²) >= 11 is 0. The molecule has 1 atom stereocenters. The molecule has 0 heterocycles. The van der Waals surface area contributed by atoms with E-state index in [1.54, 1.807) is 20.8 Å². The van der Waals surface area contributed by atoms with Crippen molar-refractivity contribution >= 4 is 23.6 Å². The lowest BCUT2D eigenvalue weighted by atomic mass is 9.98. The Hall–Kier alpha value is -1.92. The molecule has 0 fully saturated rings. The van der Waals surface area contributed by atoms with Gasteiger partial charge in [-0.3, -0.25) is 14.4 Å². The minimum Gasteiger partial charge on any atom is -0.468 e. The predicted octanol–water partition coefficient (Wildman–Crippen LogP) is 0.848. The largest absolute Gasteiger partial charge is 0.468 e. The van der Waals surface area contributed by atoms with Gasteiger partial charge in [0.1, 0.15) is 17.3 Å². The van der Waals surface area contributed by atoms with Gasteiger partial charge < -0.3 is 14.8 Å². The molecule has 7 heteroatoms. The van der Waals surface area contributed by atoms with Crippen molar-refractivity contribution in [2.45, 2.75) is 39.7 Å². The first kappa shape index (κ1) is 18.1. The maximum atomic E-state index is 11.6. The van der Waals surface area contributed by atoms with E-state index in [1.165, 1.54) is 6.92 Å². The first-order valence-electron chi connectivity index (χ1n) is 6.13. The summed E-state index contributed by atoms with van der Waals surface area (Å²) < 4.78 is 9.39. The molecule has 0 aliphatic rings. The van der Waals surface area contributed by atoms with E-state index in [0.717, 1.165) is 7.11 Å². The molecule has 0 spiro atoms. The zero-order valence-electron chi connectivity index (χ0n) is 12.4. The SMILES string of the molecule is COC(=O)[C@@H](CC(=O)CNC(=O)OC(C)(C)C)C(C)=O. The Morgan fingerprint density at radius 1 is 1.15 bits per heavy atom. The van der Waals surface area contributed by atoms with Crippen LogP contribution < -0.4 is 5.32 Å². The Morgan fingerprint density at radius 3 is 2.10 bits per heavy atom. The summed E-state index contributed by atoms with van der Waals surface area (Å²) in [6, 6.07) is 0. The molecule has 1 N–H and O–H groups in total. The number of ketones is 2. The summed E-state index contributed by atoms with van der Waals surface area (Å²) in [6.07, 6.45) is -1.04. The Bertz CT molecular complexity index is 396. The molecule has 0 rings (SSSR count). The van der Waals surface area contributed by atoms with Gasteiger partial charge in [-0.15, -0.1) is 0 Å². The van der Waals surface area contributed by atoms with Crippen LogP contribution in [0.5, 0.6) is 0 Å². The first-order valence-corrected chi connectivity index (χ1v) is 6.13. The Kier molecular flexibility index (Phi) is 6.89. The zero-order valence-corrected chi connectivity index (χ0v) is 12.4. The van der Waals surface area contributed by atoms with E-state index in [1.807, 2.05) is 0 Å². The number of Topliss-reactive ketones (excluding diaryl/α,β-unsaturated/α-hetero) is 2. The lowest BCUT2D eigenvalue weighted by Crippen LogP contribution is -2.37. The highest BCUT2D eigenvalue weighted by atomic mass is 16.6. The summed E-state index contributed by atoms with van der Waals surface area (Å²) in [5.41, 5.74) is -0.666. The lowest BCUT2D eigenvalue weighted by Gasteiger charge is -2.19. The Balaban J connectivity index is 4.32. The summed E-state index contributed by atoms with van der Waals surface area (Å²) in [5.74, 6) is -2.81. The molecule has 0 saturated carbocycles. The van der Waals surface area contributed by atoms with E-state index in [2.05, 4.69) is 10.1 Å². The number of ether oxygens (including phenoxy) is 2. The van der Waals surface area contributed by atoms with E-state index >= 15 is 0 Å². The average Bonchev–Trinajstić information content (AvgIpc) is 2.30. The van der Waals surface area contributed by atoms with Gasteiger partial charge in [0.2, 0.25) is 0 Å². The summed E-state index contributed by atoms with van der Waals surface area (Å²) in [5, 5.41) is 2.27. The third kappa shape index (κ3) is 7.50. The number of amides is 1. The first-order chi connectivity index (χ1) is 9.06. The normalized spacial score (nSPS) is 12.2. The van der Waals surface area contributed by atoms with Gasteiger partial charge in [0.15, 0.2) is 5.78 Å². The van der Waals surface area contributed by atoms with E-state index in [9.17, 15) is 19.2 Å².